The largest absolute Gasteiger partial charge is 0.310 e. The fourth-order valence-corrected chi connectivity index (χ4v) is 14.5. The quantitative estimate of drug-likeness (QED) is 0.162. The minimum absolute atomic E-state index is 1.00. The first-order valence-corrected chi connectivity index (χ1v) is 28.6. The first-order valence-electron chi connectivity index (χ1n) is 28.6. The van der Waals surface area contributed by atoms with Crippen LogP contribution in [0.2, 0.25) is 0 Å². The summed E-state index contributed by atoms with van der Waals surface area (Å²) in [7, 11) is 0. The predicted molar refractivity (Wildman–Crippen MR) is 347 cm³/mol. The molecule has 3 aromatic heterocycles. The Morgan fingerprint density at radius 2 is 0.610 bits per heavy atom. The molecule has 1 aliphatic rings. The maximum atomic E-state index is 2.53. The van der Waals surface area contributed by atoms with Crippen molar-refractivity contribution < 1.29 is 0 Å². The molecule has 14 aromatic carbocycles. The van der Waals surface area contributed by atoms with Crippen LogP contribution in [0.4, 0.5) is 17.1 Å². The SMILES string of the molecule is c1ccc2c(c1)CCc1c-2n(-c2ccc(N(c3ccc(-n4c5ccc6ccccc6c5c5ccc6ccccc6c54)cc3)c3ccc(-n4c5ccc6ccccc6c5c5ccc6ccccc6c54)cc3)cc2)c2ccc3ccccc3c12. The summed E-state index contributed by atoms with van der Waals surface area (Å²) in [5, 5.41) is 19.0. The molecular formula is C78H50N4. The molecule has 1 aliphatic carbocycles. The van der Waals surface area contributed by atoms with E-state index in [1.54, 1.807) is 0 Å². The molecule has 0 saturated carbocycles. The van der Waals surface area contributed by atoms with Gasteiger partial charge < -0.3 is 18.6 Å². The number of aryl methyl sites for hydroxylation is 2. The Kier molecular flexibility index (Phi) is 9.60. The first-order chi connectivity index (χ1) is 40.7. The zero-order valence-electron chi connectivity index (χ0n) is 44.8. The fraction of sp³-hybridized carbons (Fsp3) is 0.0256. The minimum atomic E-state index is 1.00. The number of anilines is 3. The smallest absolute Gasteiger partial charge is 0.0619 e. The van der Waals surface area contributed by atoms with Crippen molar-refractivity contribution >= 4 is 125 Å². The van der Waals surface area contributed by atoms with E-state index in [0.29, 0.717) is 0 Å². The Hall–Kier alpha value is -10.7. The Morgan fingerprint density at radius 1 is 0.256 bits per heavy atom. The van der Waals surface area contributed by atoms with Crippen molar-refractivity contribution in [2.24, 2.45) is 0 Å². The van der Waals surface area contributed by atoms with Gasteiger partial charge in [-0.1, -0.05) is 188 Å². The summed E-state index contributed by atoms with van der Waals surface area (Å²) in [6.07, 6.45) is 2.04. The maximum absolute atomic E-state index is 2.53. The molecule has 0 aliphatic heterocycles. The summed E-state index contributed by atoms with van der Waals surface area (Å²) >= 11 is 0. The number of rotatable bonds is 6. The van der Waals surface area contributed by atoms with Crippen LogP contribution in [0.5, 0.6) is 0 Å². The Morgan fingerprint density at radius 3 is 1.07 bits per heavy atom. The number of hydrogen-bond donors (Lipinski definition) is 0. The van der Waals surface area contributed by atoms with E-state index < -0.39 is 0 Å². The van der Waals surface area contributed by atoms with Crippen LogP contribution in [0.15, 0.2) is 279 Å². The summed E-state index contributed by atoms with van der Waals surface area (Å²) in [5.41, 5.74) is 18.1. The molecule has 17 aromatic rings. The van der Waals surface area contributed by atoms with E-state index in [-0.39, 0.29) is 0 Å². The van der Waals surface area contributed by atoms with Crippen LogP contribution in [-0.4, -0.2) is 13.7 Å². The van der Waals surface area contributed by atoms with Crippen molar-refractivity contribution in [2.45, 2.75) is 12.8 Å². The predicted octanol–water partition coefficient (Wildman–Crippen LogP) is 20.8. The van der Waals surface area contributed by atoms with Gasteiger partial charge in [-0.3, -0.25) is 0 Å². The van der Waals surface area contributed by atoms with E-state index in [1.807, 2.05) is 0 Å². The van der Waals surface area contributed by atoms with Gasteiger partial charge in [0.25, 0.3) is 0 Å². The standard InChI is InChI=1S/C78H50N4/c1-7-19-61-49(13-1)28-46-70-73(61)67-43-25-52-16-4-10-22-64(52)76(67)80(70)58-37-31-55(32-38-58)79(56-33-39-59(40-34-56)81-71-47-29-50-14-2-8-20-62(50)74(71)68-44-26-53-17-5-11-23-65(53)77(68)81)57-35-41-60(42-36-57)82-72-48-30-51-15-3-9-21-63(51)75(72)69-45-27-54-18-6-12-24-66(54)78(69)82/h1-26,28-44,46-48H,27,45H2. The van der Waals surface area contributed by atoms with E-state index in [1.165, 1.54) is 131 Å². The van der Waals surface area contributed by atoms with Gasteiger partial charge in [-0.2, -0.15) is 0 Å². The van der Waals surface area contributed by atoms with Crippen LogP contribution in [0, 0.1) is 0 Å². The van der Waals surface area contributed by atoms with Gasteiger partial charge in [0.1, 0.15) is 0 Å². The molecule has 0 atom stereocenters. The van der Waals surface area contributed by atoms with Gasteiger partial charge in [-0.15, -0.1) is 0 Å². The molecule has 4 heteroatoms. The molecule has 0 N–H and O–H groups in total. The highest BCUT2D eigenvalue weighted by molar-refractivity contribution is 6.27. The summed E-state index contributed by atoms with van der Waals surface area (Å²) in [6.45, 7) is 0. The van der Waals surface area contributed by atoms with Crippen LogP contribution >= 0.6 is 0 Å². The molecule has 4 nitrogen and oxygen atoms in total. The normalized spacial score (nSPS) is 12.5. The lowest BCUT2D eigenvalue weighted by Crippen LogP contribution is -2.11. The lowest BCUT2D eigenvalue weighted by Gasteiger charge is -2.27. The van der Waals surface area contributed by atoms with E-state index >= 15 is 0 Å². The summed E-state index contributed by atoms with van der Waals surface area (Å²) in [5.74, 6) is 0. The molecule has 18 rings (SSSR count). The number of nitrogens with zero attached hydrogens (tertiary/aromatic N) is 4. The van der Waals surface area contributed by atoms with Crippen molar-refractivity contribution in [3.8, 4) is 28.3 Å². The Bertz CT molecular complexity index is 5270. The van der Waals surface area contributed by atoms with E-state index in [9.17, 15) is 0 Å². The molecule has 0 amide bonds. The van der Waals surface area contributed by atoms with Crippen LogP contribution in [0.1, 0.15) is 11.1 Å². The van der Waals surface area contributed by atoms with Crippen molar-refractivity contribution in [2.75, 3.05) is 4.90 Å². The molecule has 382 valence electrons. The minimum Gasteiger partial charge on any atom is -0.310 e. The third-order valence-corrected chi connectivity index (χ3v) is 18.1. The fourth-order valence-electron chi connectivity index (χ4n) is 14.5. The van der Waals surface area contributed by atoms with Crippen molar-refractivity contribution in [3.63, 3.8) is 0 Å². The topological polar surface area (TPSA) is 18.0 Å². The molecule has 0 spiro atoms. The van der Waals surface area contributed by atoms with E-state index in [4.69, 9.17) is 0 Å². The molecule has 0 bridgehead atoms. The van der Waals surface area contributed by atoms with E-state index in [0.717, 1.165) is 47.0 Å². The average molecular weight is 1040 g/mol. The molecular weight excluding hydrogens is 993 g/mol. The molecule has 0 radical (unpaired) electrons. The zero-order valence-corrected chi connectivity index (χ0v) is 44.8. The third-order valence-electron chi connectivity index (χ3n) is 18.1. The summed E-state index contributed by atoms with van der Waals surface area (Å²) < 4.78 is 7.50. The monoisotopic (exact) mass is 1040 g/mol. The summed E-state index contributed by atoms with van der Waals surface area (Å²) in [4.78, 5) is 2.42. The van der Waals surface area contributed by atoms with Gasteiger partial charge in [0.15, 0.2) is 0 Å². The van der Waals surface area contributed by atoms with Crippen molar-refractivity contribution in [3.05, 3.63) is 290 Å². The lowest BCUT2D eigenvalue weighted by molar-refractivity contribution is 0.934. The van der Waals surface area contributed by atoms with Gasteiger partial charge in [0.05, 0.1) is 33.3 Å². The Balaban J connectivity index is 0.829. The number of benzene rings is 14. The number of aromatic nitrogens is 3. The van der Waals surface area contributed by atoms with Crippen LogP contribution in [0.3, 0.4) is 0 Å². The van der Waals surface area contributed by atoms with Gasteiger partial charge in [0.2, 0.25) is 0 Å². The molecule has 0 unspecified atom stereocenters. The lowest BCUT2D eigenvalue weighted by atomic mass is 9.88. The second kappa shape index (κ2) is 17.4. The van der Waals surface area contributed by atoms with Crippen LogP contribution in [0.25, 0.3) is 137 Å². The second-order valence-corrected chi connectivity index (χ2v) is 22.3. The van der Waals surface area contributed by atoms with Gasteiger partial charge in [-0.25, -0.2) is 0 Å². The van der Waals surface area contributed by atoms with Gasteiger partial charge in [0, 0.05) is 77.4 Å². The molecule has 82 heavy (non-hydrogen) atoms. The molecule has 0 fully saturated rings. The average Bonchev–Trinajstić information content (AvgIpc) is 4.28. The molecule has 0 saturated heterocycles. The Labute approximate surface area is 472 Å². The zero-order chi connectivity index (χ0) is 53.6. The molecule has 3 heterocycles. The number of hydrogen-bond acceptors (Lipinski definition) is 1. The van der Waals surface area contributed by atoms with Crippen molar-refractivity contribution in [1.82, 2.24) is 13.7 Å². The first kappa shape index (κ1) is 45.2. The second-order valence-electron chi connectivity index (χ2n) is 22.3. The third kappa shape index (κ3) is 6.49. The summed E-state index contributed by atoms with van der Waals surface area (Å²) in [6, 6.07) is 104. The maximum Gasteiger partial charge on any atom is 0.0619 e. The highest BCUT2D eigenvalue weighted by Gasteiger charge is 2.27. The number of fused-ring (bicyclic) bond motifs is 21. The van der Waals surface area contributed by atoms with Crippen molar-refractivity contribution in [1.29, 1.82) is 0 Å². The highest BCUT2D eigenvalue weighted by Crippen LogP contribution is 2.47. The van der Waals surface area contributed by atoms with Crippen LogP contribution in [-0.2, 0) is 12.8 Å². The van der Waals surface area contributed by atoms with E-state index in [2.05, 4.69) is 298 Å². The van der Waals surface area contributed by atoms with Gasteiger partial charge in [-0.05, 0) is 158 Å². The van der Waals surface area contributed by atoms with Crippen LogP contribution < -0.4 is 4.90 Å². The van der Waals surface area contributed by atoms with Gasteiger partial charge >= 0.3 is 0 Å². The highest BCUT2D eigenvalue weighted by atomic mass is 15.1.